The highest BCUT2D eigenvalue weighted by Crippen LogP contribution is 2.23. The highest BCUT2D eigenvalue weighted by Gasteiger charge is 2.44. The summed E-state index contributed by atoms with van der Waals surface area (Å²) in [6.45, 7) is 3.77. The van der Waals surface area contributed by atoms with E-state index in [2.05, 4.69) is 31.3 Å². The monoisotopic (exact) mass is 824 g/mol. The summed E-state index contributed by atoms with van der Waals surface area (Å²) in [6, 6.07) is -0.816. The van der Waals surface area contributed by atoms with Gasteiger partial charge in [-0.2, -0.15) is 0 Å². The lowest BCUT2D eigenvalue weighted by atomic mass is 9.99. The van der Waals surface area contributed by atoms with E-state index >= 15 is 0 Å². The molecule has 1 fully saturated rings. The van der Waals surface area contributed by atoms with E-state index in [1.165, 1.54) is 167 Å². The SMILES string of the molecule is CCCCCCCCCCCC/C=C/CC/C=C/[C@@H](O)[C@H](CO[C@H]1O[C@@H](CO)[C@H](O)C(O)C1O)NC(=O)CCCCCCCCCCCCCCCCCCCCC. The number of allylic oxidation sites excluding steroid dienone is 3. The number of carbonyl (C=O) groups excluding carboxylic acids is 1. The van der Waals surface area contributed by atoms with E-state index in [9.17, 15) is 30.3 Å². The fourth-order valence-corrected chi connectivity index (χ4v) is 7.82. The highest BCUT2D eigenvalue weighted by atomic mass is 16.7. The van der Waals surface area contributed by atoms with E-state index in [1.54, 1.807) is 6.08 Å². The van der Waals surface area contributed by atoms with Gasteiger partial charge in [0.25, 0.3) is 0 Å². The van der Waals surface area contributed by atoms with E-state index < -0.39 is 49.5 Å². The summed E-state index contributed by atoms with van der Waals surface area (Å²) in [5.41, 5.74) is 0. The van der Waals surface area contributed by atoms with E-state index in [0.29, 0.717) is 6.42 Å². The standard InChI is InChI=1S/C49H93NO8/c1-3-5-7-9-11-13-15-17-19-21-22-23-25-27-29-31-33-35-37-39-45(53)50-42(41-57-49-48(56)47(55)46(54)44(40-51)58-49)43(52)38-36-34-32-30-28-26-24-20-18-16-14-12-10-8-6-4-2/h28,30,36,38,42-44,46-49,51-52,54-56H,3-27,29,31-35,37,39-41H2,1-2H3,(H,50,53)/b30-28+,38-36+/t42-,43+,44-,46-,47?,48?,49-/m0/s1. The van der Waals surface area contributed by atoms with Crippen molar-refractivity contribution in [3.63, 3.8) is 0 Å². The van der Waals surface area contributed by atoms with Crippen LogP contribution < -0.4 is 5.32 Å². The molecule has 2 unspecified atom stereocenters. The maximum absolute atomic E-state index is 13.0. The average Bonchev–Trinajstić information content (AvgIpc) is 3.22. The second kappa shape index (κ2) is 39.8. The Kier molecular flexibility index (Phi) is 37.5. The Morgan fingerprint density at radius 3 is 1.45 bits per heavy atom. The third-order valence-corrected chi connectivity index (χ3v) is 11.8. The first kappa shape index (κ1) is 54.7. The van der Waals surface area contributed by atoms with Gasteiger partial charge >= 0.3 is 0 Å². The molecule has 0 aliphatic carbocycles. The highest BCUT2D eigenvalue weighted by molar-refractivity contribution is 5.76. The van der Waals surface area contributed by atoms with E-state index in [0.717, 1.165) is 38.5 Å². The Labute approximate surface area is 356 Å². The predicted molar refractivity (Wildman–Crippen MR) is 240 cm³/mol. The fraction of sp³-hybridized carbons (Fsp3) is 0.898. The summed E-state index contributed by atoms with van der Waals surface area (Å²) in [6.07, 6.45) is 40.8. The number of rotatable bonds is 41. The molecule has 1 heterocycles. The van der Waals surface area contributed by atoms with Crippen molar-refractivity contribution in [2.75, 3.05) is 13.2 Å². The largest absolute Gasteiger partial charge is 0.394 e. The van der Waals surface area contributed by atoms with Crippen molar-refractivity contribution in [2.24, 2.45) is 0 Å². The van der Waals surface area contributed by atoms with Gasteiger partial charge in [0.15, 0.2) is 6.29 Å². The summed E-state index contributed by atoms with van der Waals surface area (Å²) < 4.78 is 11.2. The zero-order valence-electron chi connectivity index (χ0n) is 37.6. The molecule has 0 aromatic carbocycles. The maximum Gasteiger partial charge on any atom is 0.220 e. The maximum atomic E-state index is 13.0. The Morgan fingerprint density at radius 2 is 0.983 bits per heavy atom. The molecule has 1 aliphatic heterocycles. The van der Waals surface area contributed by atoms with Crippen LogP contribution in [-0.2, 0) is 14.3 Å². The topological polar surface area (TPSA) is 149 Å². The van der Waals surface area contributed by atoms with Crippen molar-refractivity contribution >= 4 is 5.91 Å². The van der Waals surface area contributed by atoms with Crippen molar-refractivity contribution in [1.82, 2.24) is 5.32 Å². The Morgan fingerprint density at radius 1 is 0.569 bits per heavy atom. The first-order chi connectivity index (χ1) is 28.3. The van der Waals surface area contributed by atoms with Crippen LogP contribution in [0.15, 0.2) is 24.3 Å². The second-order valence-electron chi connectivity index (χ2n) is 17.3. The molecule has 0 saturated carbocycles. The number of hydrogen-bond acceptors (Lipinski definition) is 8. The number of unbranched alkanes of at least 4 members (excludes halogenated alkanes) is 29. The van der Waals surface area contributed by atoms with Crippen molar-refractivity contribution in [1.29, 1.82) is 0 Å². The predicted octanol–water partition coefficient (Wildman–Crippen LogP) is 10.7. The van der Waals surface area contributed by atoms with Crippen LogP contribution in [0.25, 0.3) is 0 Å². The van der Waals surface area contributed by atoms with E-state index in [-0.39, 0.29) is 12.5 Å². The van der Waals surface area contributed by atoms with Crippen LogP contribution in [0, 0.1) is 0 Å². The molecule has 342 valence electrons. The van der Waals surface area contributed by atoms with Gasteiger partial charge in [-0.3, -0.25) is 4.79 Å². The van der Waals surface area contributed by atoms with Crippen molar-refractivity contribution in [3.05, 3.63) is 24.3 Å². The molecule has 1 saturated heterocycles. The third kappa shape index (κ3) is 29.8. The van der Waals surface area contributed by atoms with E-state index in [4.69, 9.17) is 9.47 Å². The molecule has 9 heteroatoms. The number of amides is 1. The zero-order chi connectivity index (χ0) is 42.3. The molecule has 0 aromatic heterocycles. The number of aliphatic hydroxyl groups is 5. The Bertz CT molecular complexity index is 961. The third-order valence-electron chi connectivity index (χ3n) is 11.8. The first-order valence-corrected chi connectivity index (χ1v) is 24.6. The number of hydrogen-bond donors (Lipinski definition) is 6. The lowest BCUT2D eigenvalue weighted by Gasteiger charge is -2.40. The molecular formula is C49H93NO8. The summed E-state index contributed by atoms with van der Waals surface area (Å²) in [4.78, 5) is 13.0. The van der Waals surface area contributed by atoms with Crippen molar-refractivity contribution < 1.29 is 39.8 Å². The van der Waals surface area contributed by atoms with Crippen molar-refractivity contribution in [2.45, 2.75) is 269 Å². The molecule has 58 heavy (non-hydrogen) atoms. The second-order valence-corrected chi connectivity index (χ2v) is 17.3. The van der Waals surface area contributed by atoms with E-state index in [1.807, 2.05) is 6.08 Å². The minimum atomic E-state index is -1.57. The van der Waals surface area contributed by atoms with Gasteiger partial charge in [-0.15, -0.1) is 0 Å². The quantitative estimate of drug-likeness (QED) is 0.0264. The minimum Gasteiger partial charge on any atom is -0.394 e. The normalized spacial score (nSPS) is 21.0. The fourth-order valence-electron chi connectivity index (χ4n) is 7.82. The number of aliphatic hydroxyl groups excluding tert-OH is 5. The van der Waals surface area contributed by atoms with Gasteiger partial charge in [0.2, 0.25) is 5.91 Å². The Balaban J connectivity index is 2.33. The first-order valence-electron chi connectivity index (χ1n) is 24.6. The zero-order valence-corrected chi connectivity index (χ0v) is 37.6. The average molecular weight is 824 g/mol. The summed E-state index contributed by atoms with van der Waals surface area (Å²) >= 11 is 0. The number of carbonyl (C=O) groups is 1. The van der Waals surface area contributed by atoms with Gasteiger partial charge < -0.3 is 40.3 Å². The molecule has 0 aromatic rings. The van der Waals surface area contributed by atoms with Gasteiger partial charge in [-0.1, -0.05) is 212 Å². The van der Waals surface area contributed by atoms with Crippen LogP contribution in [0.4, 0.5) is 0 Å². The number of ether oxygens (including phenoxy) is 2. The van der Waals surface area contributed by atoms with Gasteiger partial charge in [-0.05, 0) is 32.1 Å². The van der Waals surface area contributed by atoms with Crippen LogP contribution in [0.5, 0.6) is 0 Å². The Hall–Kier alpha value is -1.33. The van der Waals surface area contributed by atoms with Crippen LogP contribution in [-0.4, -0.2) is 87.5 Å². The van der Waals surface area contributed by atoms with Gasteiger partial charge in [0.1, 0.15) is 24.4 Å². The van der Waals surface area contributed by atoms with Gasteiger partial charge in [0, 0.05) is 6.42 Å². The molecular weight excluding hydrogens is 731 g/mol. The lowest BCUT2D eigenvalue weighted by molar-refractivity contribution is -0.302. The van der Waals surface area contributed by atoms with Crippen LogP contribution in [0.3, 0.4) is 0 Å². The van der Waals surface area contributed by atoms with Crippen LogP contribution in [0.1, 0.15) is 226 Å². The summed E-state index contributed by atoms with van der Waals surface area (Å²) in [5, 5.41) is 54.2. The molecule has 1 aliphatic rings. The molecule has 7 atom stereocenters. The van der Waals surface area contributed by atoms with Crippen molar-refractivity contribution in [3.8, 4) is 0 Å². The molecule has 0 spiro atoms. The van der Waals surface area contributed by atoms with Crippen LogP contribution >= 0.6 is 0 Å². The molecule has 0 radical (unpaired) electrons. The minimum absolute atomic E-state index is 0.184. The number of nitrogens with one attached hydrogen (secondary N) is 1. The van der Waals surface area contributed by atoms with Gasteiger partial charge in [0.05, 0.1) is 25.4 Å². The molecule has 6 N–H and O–H groups in total. The summed E-state index contributed by atoms with van der Waals surface area (Å²) in [7, 11) is 0. The molecule has 0 bridgehead atoms. The van der Waals surface area contributed by atoms with Gasteiger partial charge in [-0.25, -0.2) is 0 Å². The van der Waals surface area contributed by atoms with Crippen LogP contribution in [0.2, 0.25) is 0 Å². The molecule has 1 amide bonds. The smallest absolute Gasteiger partial charge is 0.220 e. The lowest BCUT2D eigenvalue weighted by Crippen LogP contribution is -2.60. The molecule has 9 nitrogen and oxygen atoms in total. The molecule has 1 rings (SSSR count). The summed E-state index contributed by atoms with van der Waals surface area (Å²) in [5.74, 6) is -0.184.